The molecule has 1 aromatic heterocycles. The van der Waals surface area contributed by atoms with E-state index in [1.54, 1.807) is 12.1 Å². The molecule has 0 radical (unpaired) electrons. The van der Waals surface area contributed by atoms with Gasteiger partial charge in [0, 0.05) is 17.1 Å². The van der Waals surface area contributed by atoms with Crippen LogP contribution in [0.4, 0.5) is 0 Å². The lowest BCUT2D eigenvalue weighted by Crippen LogP contribution is -2.03. The quantitative estimate of drug-likeness (QED) is 0.379. The van der Waals surface area contributed by atoms with Gasteiger partial charge in [0.1, 0.15) is 5.82 Å². The highest BCUT2D eigenvalue weighted by molar-refractivity contribution is 6.31. The fourth-order valence-corrected chi connectivity index (χ4v) is 4.05. The molecule has 0 saturated heterocycles. The van der Waals surface area contributed by atoms with Gasteiger partial charge in [0.2, 0.25) is 0 Å². The van der Waals surface area contributed by atoms with E-state index in [2.05, 4.69) is 17.6 Å². The van der Waals surface area contributed by atoms with Crippen LogP contribution in [-0.2, 0) is 6.42 Å². The number of halogens is 1. The number of unbranched alkanes of at least 4 members (excludes halogenated alkanes) is 1. The van der Waals surface area contributed by atoms with Gasteiger partial charge in [0.25, 0.3) is 0 Å². The maximum absolute atomic E-state index is 11.7. The summed E-state index contributed by atoms with van der Waals surface area (Å²) in [6.45, 7) is 4.18. The second kappa shape index (κ2) is 8.33. The number of fused-ring (bicyclic) bond motifs is 1. The smallest absolute Gasteiger partial charge is 0.336 e. The number of aryl methyl sites for hydroxylation is 2. The molecule has 0 fully saturated rings. The van der Waals surface area contributed by atoms with Crippen LogP contribution in [0, 0.1) is 6.92 Å². The monoisotopic (exact) mass is 418 g/mol. The second-order valence-electron chi connectivity index (χ2n) is 7.45. The first-order chi connectivity index (χ1) is 14.5. The van der Waals surface area contributed by atoms with Gasteiger partial charge in [-0.2, -0.15) is 0 Å². The Morgan fingerprint density at radius 2 is 1.87 bits per heavy atom. The molecule has 3 aromatic carbocycles. The maximum Gasteiger partial charge on any atom is 0.336 e. The van der Waals surface area contributed by atoms with E-state index in [1.807, 2.05) is 49.4 Å². The molecule has 5 heteroatoms. The van der Waals surface area contributed by atoms with E-state index in [0.29, 0.717) is 10.6 Å². The lowest BCUT2D eigenvalue weighted by atomic mass is 9.95. The largest absolute Gasteiger partial charge is 0.478 e. The molecule has 4 rings (SSSR count). The van der Waals surface area contributed by atoms with Crippen molar-refractivity contribution in [3.63, 3.8) is 0 Å². The fraction of sp³-hybridized carbons (Fsp3) is 0.200. The van der Waals surface area contributed by atoms with Gasteiger partial charge in [-0.05, 0) is 66.4 Å². The molecule has 30 heavy (non-hydrogen) atoms. The van der Waals surface area contributed by atoms with E-state index in [-0.39, 0.29) is 0 Å². The number of carboxylic acid groups (broad SMARTS) is 1. The Bertz CT molecular complexity index is 1240. The maximum atomic E-state index is 11.7. The molecule has 4 aromatic rings. The molecule has 0 amide bonds. The van der Waals surface area contributed by atoms with Gasteiger partial charge < -0.3 is 5.11 Å². The Balaban J connectivity index is 1.87. The first-order valence-electron chi connectivity index (χ1n) is 10.1. The first kappa shape index (κ1) is 20.2. The first-order valence-corrected chi connectivity index (χ1v) is 10.5. The minimum absolute atomic E-state index is 0.303. The van der Waals surface area contributed by atoms with Crippen molar-refractivity contribution in [2.24, 2.45) is 0 Å². The van der Waals surface area contributed by atoms with Crippen LogP contribution in [0.2, 0.25) is 5.02 Å². The van der Waals surface area contributed by atoms with Crippen LogP contribution in [-0.4, -0.2) is 20.6 Å². The second-order valence-corrected chi connectivity index (χ2v) is 7.89. The zero-order valence-corrected chi connectivity index (χ0v) is 17.8. The van der Waals surface area contributed by atoms with Crippen molar-refractivity contribution in [1.29, 1.82) is 0 Å². The van der Waals surface area contributed by atoms with Gasteiger partial charge in [0.05, 0.1) is 16.6 Å². The zero-order valence-electron chi connectivity index (χ0n) is 17.0. The van der Waals surface area contributed by atoms with Gasteiger partial charge >= 0.3 is 5.97 Å². The standard InChI is InChI=1S/C25H23ClN2O2/c1-3-4-9-24-27-22-13-10-17(26)15-23(22)28(24)18-11-12-19(16(2)14-18)20-7-5-6-8-21(20)25(29)30/h5-8,10-15H,3-4,9H2,1-2H3,(H,29,30). The van der Waals surface area contributed by atoms with Crippen LogP contribution in [0.3, 0.4) is 0 Å². The third-order valence-electron chi connectivity index (χ3n) is 5.36. The summed E-state index contributed by atoms with van der Waals surface area (Å²) in [7, 11) is 0. The highest BCUT2D eigenvalue weighted by atomic mass is 35.5. The van der Waals surface area contributed by atoms with E-state index < -0.39 is 5.97 Å². The number of carboxylic acids is 1. The molecule has 0 aliphatic heterocycles. The lowest BCUT2D eigenvalue weighted by Gasteiger charge is -2.14. The lowest BCUT2D eigenvalue weighted by molar-refractivity contribution is 0.0697. The molecule has 0 saturated carbocycles. The summed E-state index contributed by atoms with van der Waals surface area (Å²) in [6, 6.07) is 19.0. The molecule has 0 atom stereocenters. The number of aromatic carboxylic acids is 1. The molecule has 152 valence electrons. The van der Waals surface area contributed by atoms with Gasteiger partial charge in [-0.3, -0.25) is 4.57 Å². The van der Waals surface area contributed by atoms with Crippen LogP contribution >= 0.6 is 11.6 Å². The number of rotatable bonds is 6. The summed E-state index contributed by atoms with van der Waals surface area (Å²) in [6.07, 6.45) is 3.03. The predicted octanol–water partition coefficient (Wildman–Crippen LogP) is 6.70. The van der Waals surface area contributed by atoms with E-state index in [0.717, 1.165) is 58.5 Å². The number of hydrogen-bond donors (Lipinski definition) is 1. The normalized spacial score (nSPS) is 11.2. The van der Waals surface area contributed by atoms with E-state index in [1.165, 1.54) is 0 Å². The number of benzene rings is 3. The van der Waals surface area contributed by atoms with Crippen LogP contribution in [0.5, 0.6) is 0 Å². The molecule has 0 bridgehead atoms. The summed E-state index contributed by atoms with van der Waals surface area (Å²) in [4.78, 5) is 16.5. The molecule has 0 aliphatic carbocycles. The Hall–Kier alpha value is -3.11. The van der Waals surface area contributed by atoms with Gasteiger partial charge in [-0.25, -0.2) is 9.78 Å². The third kappa shape index (κ3) is 3.71. The van der Waals surface area contributed by atoms with E-state index in [9.17, 15) is 9.90 Å². The third-order valence-corrected chi connectivity index (χ3v) is 5.59. The number of carbonyl (C=O) groups is 1. The Labute approximate surface area is 180 Å². The van der Waals surface area contributed by atoms with Crippen LogP contribution in [0.15, 0.2) is 60.7 Å². The molecule has 0 aliphatic rings. The van der Waals surface area contributed by atoms with Crippen molar-refractivity contribution in [3.05, 3.63) is 82.6 Å². The topological polar surface area (TPSA) is 55.1 Å². The number of aromatic nitrogens is 2. The fourth-order valence-electron chi connectivity index (χ4n) is 3.88. The molecule has 0 unspecified atom stereocenters. The van der Waals surface area contributed by atoms with Crippen molar-refractivity contribution in [3.8, 4) is 16.8 Å². The minimum atomic E-state index is -0.925. The molecular weight excluding hydrogens is 396 g/mol. The average Bonchev–Trinajstić information content (AvgIpc) is 3.09. The molecular formula is C25H23ClN2O2. The van der Waals surface area contributed by atoms with E-state index >= 15 is 0 Å². The SMILES string of the molecule is CCCCc1nc2ccc(Cl)cc2n1-c1ccc(-c2ccccc2C(=O)O)c(C)c1. The summed E-state index contributed by atoms with van der Waals surface area (Å²) in [5.41, 5.74) is 5.84. The van der Waals surface area contributed by atoms with Crippen molar-refractivity contribution in [2.75, 3.05) is 0 Å². The molecule has 1 N–H and O–H groups in total. The van der Waals surface area contributed by atoms with Crippen molar-refractivity contribution in [2.45, 2.75) is 33.1 Å². The number of nitrogens with zero attached hydrogens (tertiary/aromatic N) is 2. The molecule has 0 spiro atoms. The summed E-state index contributed by atoms with van der Waals surface area (Å²) in [5, 5.41) is 10.2. The Kier molecular flexibility index (Phi) is 5.60. The van der Waals surface area contributed by atoms with Gasteiger partial charge in [-0.15, -0.1) is 0 Å². The molecule has 1 heterocycles. The van der Waals surface area contributed by atoms with Gasteiger partial charge in [0.15, 0.2) is 0 Å². The number of hydrogen-bond acceptors (Lipinski definition) is 2. The van der Waals surface area contributed by atoms with Crippen molar-refractivity contribution >= 4 is 28.6 Å². The highest BCUT2D eigenvalue weighted by Gasteiger charge is 2.16. The van der Waals surface area contributed by atoms with Crippen LogP contribution in [0.1, 0.15) is 41.5 Å². The number of imidazole rings is 1. The zero-order chi connectivity index (χ0) is 21.3. The van der Waals surface area contributed by atoms with Crippen molar-refractivity contribution in [1.82, 2.24) is 9.55 Å². The van der Waals surface area contributed by atoms with Crippen molar-refractivity contribution < 1.29 is 9.90 Å². The highest BCUT2D eigenvalue weighted by Crippen LogP contribution is 2.31. The summed E-state index contributed by atoms with van der Waals surface area (Å²) < 4.78 is 2.16. The van der Waals surface area contributed by atoms with Gasteiger partial charge in [-0.1, -0.05) is 49.2 Å². The average molecular weight is 419 g/mol. The minimum Gasteiger partial charge on any atom is -0.478 e. The predicted molar refractivity (Wildman–Crippen MR) is 122 cm³/mol. The Morgan fingerprint density at radius 3 is 2.60 bits per heavy atom. The summed E-state index contributed by atoms with van der Waals surface area (Å²) >= 11 is 6.28. The van der Waals surface area contributed by atoms with Crippen LogP contribution in [0.25, 0.3) is 27.8 Å². The summed E-state index contributed by atoms with van der Waals surface area (Å²) in [5.74, 6) is 0.0818. The van der Waals surface area contributed by atoms with E-state index in [4.69, 9.17) is 16.6 Å². The Morgan fingerprint density at radius 1 is 1.07 bits per heavy atom. The molecule has 4 nitrogen and oxygen atoms in total. The van der Waals surface area contributed by atoms with Crippen LogP contribution < -0.4 is 0 Å².